The van der Waals surface area contributed by atoms with E-state index in [4.69, 9.17) is 9.15 Å². The summed E-state index contributed by atoms with van der Waals surface area (Å²) in [6, 6.07) is 10.9. The Balaban J connectivity index is 1.35. The van der Waals surface area contributed by atoms with Gasteiger partial charge in [0.25, 0.3) is 5.91 Å². The third kappa shape index (κ3) is 4.81. The molecule has 2 fully saturated rings. The number of nitrogens with zero attached hydrogens (tertiary/aromatic N) is 2. The summed E-state index contributed by atoms with van der Waals surface area (Å²) in [5.74, 6) is 1.32. The normalized spacial score (nSPS) is 21.1. The monoisotopic (exact) mass is 467 g/mol. The first-order valence-electron chi connectivity index (χ1n) is 12.0. The number of aryl methyl sites for hydroxylation is 1. The van der Waals surface area contributed by atoms with Gasteiger partial charge in [0.2, 0.25) is 5.91 Å². The molecule has 0 bridgehead atoms. The minimum Gasteiger partial charge on any atom is -0.497 e. The van der Waals surface area contributed by atoms with Crippen molar-refractivity contribution in [1.82, 2.24) is 15.1 Å². The lowest BCUT2D eigenvalue weighted by atomic mass is 9.74. The lowest BCUT2D eigenvalue weighted by molar-refractivity contribution is -0.136. The van der Waals surface area contributed by atoms with Crippen molar-refractivity contribution in [3.8, 4) is 5.75 Å². The molecule has 0 spiro atoms. The molecule has 2 aromatic rings. The Morgan fingerprint density at radius 3 is 2.53 bits per heavy atom. The van der Waals surface area contributed by atoms with Gasteiger partial charge in [0, 0.05) is 19.5 Å². The number of amides is 4. The Morgan fingerprint density at radius 1 is 1.18 bits per heavy atom. The lowest BCUT2D eigenvalue weighted by Crippen LogP contribution is -2.56. The first kappa shape index (κ1) is 23.9. The fourth-order valence-electron chi connectivity index (χ4n) is 5.21. The molecule has 2 aliphatic rings. The number of urea groups is 1. The van der Waals surface area contributed by atoms with Gasteiger partial charge in [-0.2, -0.15) is 0 Å². The van der Waals surface area contributed by atoms with Crippen LogP contribution in [0.5, 0.6) is 5.75 Å². The highest BCUT2D eigenvalue weighted by molar-refractivity contribution is 6.07. The Hall–Kier alpha value is -3.29. The van der Waals surface area contributed by atoms with Gasteiger partial charge >= 0.3 is 6.03 Å². The molecule has 182 valence electrons. The Bertz CT molecular complexity index is 996. The first-order valence-corrected chi connectivity index (χ1v) is 12.0. The number of imide groups is 1. The fraction of sp³-hybridized carbons (Fsp3) is 0.500. The molecular weight excluding hydrogens is 434 g/mol. The van der Waals surface area contributed by atoms with Crippen LogP contribution < -0.4 is 10.1 Å². The standard InChI is InChI=1S/C26H33N3O5/c1-3-14-26(24(31)29(25(32)27-26)18-22-5-4-17-34-22)20-12-15-28(16-13-20)23(30)11-8-19-6-9-21(33-2)10-7-19/h4-7,9-10,17,20H,3,8,11-16,18H2,1-2H3,(H,27,32). The van der Waals surface area contributed by atoms with Crippen molar-refractivity contribution in [3.05, 3.63) is 54.0 Å². The van der Waals surface area contributed by atoms with Crippen LogP contribution in [-0.4, -0.2) is 53.4 Å². The van der Waals surface area contributed by atoms with Crippen LogP contribution in [-0.2, 0) is 22.6 Å². The van der Waals surface area contributed by atoms with Crippen LogP contribution in [0.3, 0.4) is 0 Å². The zero-order chi connectivity index (χ0) is 24.1. The largest absolute Gasteiger partial charge is 0.497 e. The molecule has 1 unspecified atom stereocenters. The lowest BCUT2D eigenvalue weighted by Gasteiger charge is -2.41. The molecule has 34 heavy (non-hydrogen) atoms. The maximum absolute atomic E-state index is 13.5. The minimum absolute atomic E-state index is 0.00357. The number of furan rings is 1. The van der Waals surface area contributed by atoms with Gasteiger partial charge in [-0.25, -0.2) is 4.79 Å². The number of methoxy groups -OCH3 is 1. The van der Waals surface area contributed by atoms with Crippen LogP contribution in [0.15, 0.2) is 47.1 Å². The number of likely N-dealkylation sites (tertiary alicyclic amines) is 1. The molecular formula is C26H33N3O5. The summed E-state index contributed by atoms with van der Waals surface area (Å²) in [7, 11) is 1.63. The van der Waals surface area contributed by atoms with E-state index in [0.717, 1.165) is 17.7 Å². The number of carbonyl (C=O) groups is 3. The van der Waals surface area contributed by atoms with Gasteiger partial charge in [0.1, 0.15) is 17.0 Å². The minimum atomic E-state index is -0.906. The predicted octanol–water partition coefficient (Wildman–Crippen LogP) is 3.75. The third-order valence-corrected chi connectivity index (χ3v) is 7.07. The number of ether oxygens (including phenoxy) is 1. The number of hydrogen-bond donors (Lipinski definition) is 1. The van der Waals surface area contributed by atoms with Gasteiger partial charge in [-0.05, 0) is 61.4 Å². The molecule has 0 aliphatic carbocycles. The molecule has 1 N–H and O–H groups in total. The second kappa shape index (κ2) is 10.3. The number of nitrogens with one attached hydrogen (secondary N) is 1. The van der Waals surface area contributed by atoms with Gasteiger partial charge in [-0.3, -0.25) is 14.5 Å². The SMILES string of the molecule is CCCC1(C2CCN(C(=O)CCc3ccc(OC)cc3)CC2)NC(=O)N(Cc2ccco2)C1=O. The summed E-state index contributed by atoms with van der Waals surface area (Å²) >= 11 is 0. The predicted molar refractivity (Wildman–Crippen MR) is 126 cm³/mol. The van der Waals surface area contributed by atoms with Gasteiger partial charge in [0.05, 0.1) is 19.9 Å². The number of hydrogen-bond acceptors (Lipinski definition) is 5. The number of rotatable bonds is 9. The molecule has 0 saturated carbocycles. The zero-order valence-corrected chi connectivity index (χ0v) is 19.9. The molecule has 8 heteroatoms. The number of piperidine rings is 1. The summed E-state index contributed by atoms with van der Waals surface area (Å²) in [4.78, 5) is 42.2. The van der Waals surface area contributed by atoms with Crippen molar-refractivity contribution < 1.29 is 23.5 Å². The summed E-state index contributed by atoms with van der Waals surface area (Å²) in [6.07, 6.45) is 5.41. The second-order valence-electron chi connectivity index (χ2n) is 9.13. The van der Waals surface area contributed by atoms with Crippen molar-refractivity contribution in [2.45, 2.75) is 57.5 Å². The van der Waals surface area contributed by atoms with E-state index in [2.05, 4.69) is 5.32 Å². The van der Waals surface area contributed by atoms with Crippen molar-refractivity contribution in [1.29, 1.82) is 0 Å². The maximum atomic E-state index is 13.5. The van der Waals surface area contributed by atoms with E-state index in [-0.39, 0.29) is 30.3 Å². The van der Waals surface area contributed by atoms with E-state index >= 15 is 0 Å². The van der Waals surface area contributed by atoms with E-state index in [1.54, 1.807) is 19.2 Å². The van der Waals surface area contributed by atoms with Crippen molar-refractivity contribution in [3.63, 3.8) is 0 Å². The van der Waals surface area contributed by atoms with Crippen LogP contribution in [0, 0.1) is 5.92 Å². The smallest absolute Gasteiger partial charge is 0.325 e. The molecule has 1 aromatic heterocycles. The van der Waals surface area contributed by atoms with Gasteiger partial charge in [-0.15, -0.1) is 0 Å². The molecule has 2 saturated heterocycles. The van der Waals surface area contributed by atoms with Crippen LogP contribution in [0.4, 0.5) is 4.79 Å². The third-order valence-electron chi connectivity index (χ3n) is 7.07. The summed E-state index contributed by atoms with van der Waals surface area (Å²) in [6.45, 7) is 3.35. The van der Waals surface area contributed by atoms with Crippen LogP contribution in [0.1, 0.15) is 50.4 Å². The highest BCUT2D eigenvalue weighted by Gasteiger charge is 2.55. The molecule has 2 aliphatic heterocycles. The summed E-state index contributed by atoms with van der Waals surface area (Å²) in [5, 5.41) is 3.03. The molecule has 3 heterocycles. The first-order chi connectivity index (χ1) is 16.5. The zero-order valence-electron chi connectivity index (χ0n) is 19.9. The molecule has 1 atom stereocenters. The average molecular weight is 468 g/mol. The van der Waals surface area contributed by atoms with E-state index in [9.17, 15) is 14.4 Å². The molecule has 8 nitrogen and oxygen atoms in total. The quantitative estimate of drug-likeness (QED) is 0.567. The van der Waals surface area contributed by atoms with Crippen molar-refractivity contribution >= 4 is 17.8 Å². The highest BCUT2D eigenvalue weighted by Crippen LogP contribution is 2.37. The van der Waals surface area contributed by atoms with Gasteiger partial charge in [0.15, 0.2) is 0 Å². The van der Waals surface area contributed by atoms with E-state index in [0.29, 0.717) is 51.0 Å². The fourth-order valence-corrected chi connectivity index (χ4v) is 5.21. The Kier molecular flexibility index (Phi) is 7.24. The van der Waals surface area contributed by atoms with Crippen LogP contribution in [0.2, 0.25) is 0 Å². The number of carbonyl (C=O) groups excluding carboxylic acids is 3. The molecule has 1 aromatic carbocycles. The number of benzene rings is 1. The molecule has 0 radical (unpaired) electrons. The average Bonchev–Trinajstić information content (AvgIpc) is 3.46. The van der Waals surface area contributed by atoms with Crippen LogP contribution in [0.25, 0.3) is 0 Å². The Labute approximate surface area is 200 Å². The van der Waals surface area contributed by atoms with E-state index in [1.807, 2.05) is 36.1 Å². The van der Waals surface area contributed by atoms with E-state index in [1.165, 1.54) is 11.2 Å². The second-order valence-corrected chi connectivity index (χ2v) is 9.13. The van der Waals surface area contributed by atoms with Crippen molar-refractivity contribution in [2.75, 3.05) is 20.2 Å². The maximum Gasteiger partial charge on any atom is 0.325 e. The topological polar surface area (TPSA) is 92.1 Å². The highest BCUT2D eigenvalue weighted by atomic mass is 16.5. The molecule has 4 rings (SSSR count). The van der Waals surface area contributed by atoms with Crippen molar-refractivity contribution in [2.24, 2.45) is 5.92 Å². The summed E-state index contributed by atoms with van der Waals surface area (Å²) < 4.78 is 10.5. The van der Waals surface area contributed by atoms with Gasteiger partial charge in [-0.1, -0.05) is 25.5 Å². The van der Waals surface area contributed by atoms with E-state index < -0.39 is 5.54 Å². The Morgan fingerprint density at radius 2 is 1.91 bits per heavy atom. The van der Waals surface area contributed by atoms with Crippen LogP contribution >= 0.6 is 0 Å². The summed E-state index contributed by atoms with van der Waals surface area (Å²) in [5.41, 5.74) is 0.193. The molecule has 4 amide bonds. The van der Waals surface area contributed by atoms with Gasteiger partial charge < -0.3 is 19.4 Å².